The van der Waals surface area contributed by atoms with E-state index in [2.05, 4.69) is 20.4 Å². The first kappa shape index (κ1) is 27.4. The fraction of sp³-hybridized carbons (Fsp3) is 0.400. The summed E-state index contributed by atoms with van der Waals surface area (Å²) in [7, 11) is 0. The molecule has 0 aliphatic carbocycles. The number of fused-ring (bicyclic) bond motifs is 1. The molecule has 3 aromatic rings. The number of hydrogen-bond acceptors (Lipinski definition) is 7. The van der Waals surface area contributed by atoms with Crippen molar-refractivity contribution in [1.29, 1.82) is 0 Å². The van der Waals surface area contributed by atoms with Crippen LogP contribution in [-0.4, -0.2) is 87.9 Å². The van der Waals surface area contributed by atoms with Gasteiger partial charge < -0.3 is 30.6 Å². The van der Waals surface area contributed by atoms with Gasteiger partial charge in [-0.1, -0.05) is 17.3 Å². The number of aromatic nitrogens is 2. The summed E-state index contributed by atoms with van der Waals surface area (Å²) >= 11 is 0. The number of aliphatic hydroxyl groups excluding tert-OH is 2. The predicted octanol–water partition coefficient (Wildman–Crippen LogP) is 2.85. The van der Waals surface area contributed by atoms with Gasteiger partial charge in [0.05, 0.1) is 24.2 Å². The van der Waals surface area contributed by atoms with E-state index in [9.17, 15) is 28.2 Å². The molecule has 13 heteroatoms. The third-order valence-electron chi connectivity index (χ3n) is 5.97. The summed E-state index contributed by atoms with van der Waals surface area (Å²) in [5.41, 5.74) is 3.10. The van der Waals surface area contributed by atoms with E-state index < -0.39 is 24.9 Å². The van der Waals surface area contributed by atoms with Crippen LogP contribution in [0.1, 0.15) is 18.4 Å². The highest BCUT2D eigenvalue weighted by Crippen LogP contribution is 2.24. The second-order valence-electron chi connectivity index (χ2n) is 9.05. The maximum absolute atomic E-state index is 12.3. The quantitative estimate of drug-likeness (QED) is 0.247. The van der Waals surface area contributed by atoms with Crippen LogP contribution in [0.15, 0.2) is 53.9 Å². The Morgan fingerprint density at radius 1 is 1.26 bits per heavy atom. The Balaban J connectivity index is 1.32. The van der Waals surface area contributed by atoms with Gasteiger partial charge in [0.1, 0.15) is 24.9 Å². The van der Waals surface area contributed by atoms with Crippen molar-refractivity contribution in [1.82, 2.24) is 19.6 Å². The summed E-state index contributed by atoms with van der Waals surface area (Å²) in [4.78, 5) is 23.5. The largest absolute Gasteiger partial charge is 0.405 e. The average molecular weight is 535 g/mol. The maximum Gasteiger partial charge on any atom is 0.405 e. The number of carbonyl (C=O) groups is 1. The molecule has 204 valence electrons. The molecule has 0 saturated carbocycles. The lowest BCUT2D eigenvalue weighted by atomic mass is 10.1. The van der Waals surface area contributed by atoms with Gasteiger partial charge in [0, 0.05) is 42.6 Å². The molecule has 2 aromatic heterocycles. The summed E-state index contributed by atoms with van der Waals surface area (Å²) < 4.78 is 38.7. The zero-order valence-corrected chi connectivity index (χ0v) is 20.4. The van der Waals surface area contributed by atoms with Crippen LogP contribution >= 0.6 is 0 Å². The van der Waals surface area contributed by atoms with Gasteiger partial charge in [-0.2, -0.15) is 13.2 Å². The molecule has 1 aliphatic heterocycles. The number of hydrogen-bond donors (Lipinski definition) is 4. The van der Waals surface area contributed by atoms with Gasteiger partial charge in [0.25, 0.3) is 0 Å². The van der Waals surface area contributed by atoms with Gasteiger partial charge in [0.2, 0.25) is 0 Å². The molecular formula is C25H29F3N6O4. The number of amides is 2. The van der Waals surface area contributed by atoms with Crippen LogP contribution in [-0.2, 0) is 4.84 Å². The van der Waals surface area contributed by atoms with E-state index in [0.717, 1.165) is 18.7 Å². The second-order valence-corrected chi connectivity index (χ2v) is 9.05. The molecule has 0 bridgehead atoms. The third-order valence-corrected chi connectivity index (χ3v) is 5.97. The minimum atomic E-state index is -4.49. The highest BCUT2D eigenvalue weighted by molar-refractivity contribution is 5.90. The molecule has 1 fully saturated rings. The van der Waals surface area contributed by atoms with Crippen molar-refractivity contribution in [3.63, 3.8) is 0 Å². The van der Waals surface area contributed by atoms with E-state index in [0.29, 0.717) is 42.0 Å². The molecule has 1 atom stereocenters. The number of imidazole rings is 1. The van der Waals surface area contributed by atoms with Gasteiger partial charge in [-0.05, 0) is 37.1 Å². The summed E-state index contributed by atoms with van der Waals surface area (Å²) in [5, 5.41) is 27.8. The van der Waals surface area contributed by atoms with Gasteiger partial charge in [0.15, 0.2) is 0 Å². The molecule has 1 aliphatic rings. The van der Waals surface area contributed by atoms with Crippen LogP contribution < -0.4 is 10.6 Å². The number of nitrogens with zero attached hydrogens (tertiary/aromatic N) is 4. The monoisotopic (exact) mass is 534 g/mol. The molecule has 1 aromatic carbocycles. The number of aliphatic hydroxyl groups is 2. The molecule has 38 heavy (non-hydrogen) atoms. The summed E-state index contributed by atoms with van der Waals surface area (Å²) in [6.45, 7) is 0.565. The van der Waals surface area contributed by atoms with Gasteiger partial charge in [-0.25, -0.2) is 9.78 Å². The number of piperidine rings is 1. The number of likely N-dealkylation sites (tertiary alicyclic amines) is 1. The number of urea groups is 1. The number of β-amino-alcohol motifs (C(OH)–C–C–N with tert-alkyl or cyclic N) is 1. The normalized spacial score (nSPS) is 16.1. The lowest BCUT2D eigenvalue weighted by Gasteiger charge is -2.30. The Morgan fingerprint density at radius 2 is 2.05 bits per heavy atom. The zero-order chi connectivity index (χ0) is 27.1. The van der Waals surface area contributed by atoms with Crippen LogP contribution in [0.3, 0.4) is 0 Å². The summed E-state index contributed by atoms with van der Waals surface area (Å²) in [6, 6.07) is 9.31. The number of nitrogens with one attached hydrogen (secondary N) is 2. The van der Waals surface area contributed by atoms with Crippen molar-refractivity contribution in [2.75, 3.05) is 38.1 Å². The van der Waals surface area contributed by atoms with Crippen molar-refractivity contribution < 1.29 is 33.0 Å². The Kier molecular flexibility index (Phi) is 8.81. The highest BCUT2D eigenvalue weighted by atomic mass is 19.4. The number of oxime groups is 1. The molecule has 0 radical (unpaired) electrons. The molecular weight excluding hydrogens is 505 g/mol. The highest BCUT2D eigenvalue weighted by Gasteiger charge is 2.27. The van der Waals surface area contributed by atoms with Gasteiger partial charge >= 0.3 is 12.2 Å². The van der Waals surface area contributed by atoms with E-state index in [-0.39, 0.29) is 12.7 Å². The number of pyridine rings is 1. The Morgan fingerprint density at radius 3 is 2.82 bits per heavy atom. The molecule has 10 nitrogen and oxygen atoms in total. The van der Waals surface area contributed by atoms with Gasteiger partial charge in [-0.15, -0.1) is 0 Å². The van der Waals surface area contributed by atoms with Crippen molar-refractivity contribution in [3.05, 3.63) is 54.4 Å². The van der Waals surface area contributed by atoms with E-state index in [1.807, 2.05) is 4.40 Å². The number of carbonyl (C=O) groups excluding carboxylic acids is 1. The fourth-order valence-electron chi connectivity index (χ4n) is 4.08. The number of halogens is 3. The topological polar surface area (TPSA) is 124 Å². The Labute approximate surface area is 216 Å². The second kappa shape index (κ2) is 12.2. The fourth-order valence-corrected chi connectivity index (χ4v) is 4.08. The number of rotatable bonds is 9. The Bertz CT molecular complexity index is 1260. The molecule has 4 N–H and O–H groups in total. The molecule has 1 saturated heterocycles. The predicted molar refractivity (Wildman–Crippen MR) is 135 cm³/mol. The van der Waals surface area contributed by atoms with Crippen molar-refractivity contribution in [3.8, 4) is 11.3 Å². The first-order valence-electron chi connectivity index (χ1n) is 12.1. The number of alkyl halides is 3. The summed E-state index contributed by atoms with van der Waals surface area (Å²) in [5.74, 6) is 0. The van der Waals surface area contributed by atoms with Gasteiger partial charge in [-0.3, -0.25) is 4.40 Å². The Hall–Kier alpha value is -3.68. The van der Waals surface area contributed by atoms with Crippen LogP contribution in [0.25, 0.3) is 16.9 Å². The average Bonchev–Trinajstić information content (AvgIpc) is 3.30. The minimum absolute atomic E-state index is 0.0456. The molecule has 2 amide bonds. The standard InChI is InChI=1S/C25H29F3N6O4/c26-25(27,28)16-30-24(37)32-19-3-1-2-18(11-19)22-13-29-23-10-17(4-9-34(22)23)12-31-38-15-21(36)14-33-7-5-20(35)6-8-33/h1-4,9-13,20-21,35-36H,5-8,14-16H2,(H2,30,32,37)/b31-12-. The third kappa shape index (κ3) is 7.91. The van der Waals surface area contributed by atoms with E-state index in [1.165, 1.54) is 6.21 Å². The lowest BCUT2D eigenvalue weighted by molar-refractivity contribution is -0.122. The maximum atomic E-state index is 12.3. The minimum Gasteiger partial charge on any atom is -0.393 e. The molecule has 3 heterocycles. The SMILES string of the molecule is O=C(NCC(F)(F)F)Nc1cccc(-c2cnc3cc(/C=N\OCC(O)CN4CCC(O)CC4)ccn23)c1. The van der Waals surface area contributed by atoms with Crippen molar-refractivity contribution in [2.45, 2.75) is 31.2 Å². The zero-order valence-electron chi connectivity index (χ0n) is 20.4. The smallest absolute Gasteiger partial charge is 0.393 e. The molecule has 4 rings (SSSR count). The van der Waals surface area contributed by atoms with E-state index in [4.69, 9.17) is 4.84 Å². The van der Waals surface area contributed by atoms with Crippen LogP contribution in [0.5, 0.6) is 0 Å². The van der Waals surface area contributed by atoms with Crippen LogP contribution in [0.2, 0.25) is 0 Å². The van der Waals surface area contributed by atoms with Crippen LogP contribution in [0.4, 0.5) is 23.7 Å². The molecule has 1 unspecified atom stereocenters. The lowest BCUT2D eigenvalue weighted by Crippen LogP contribution is -2.41. The van der Waals surface area contributed by atoms with Crippen molar-refractivity contribution >= 4 is 23.6 Å². The summed E-state index contributed by atoms with van der Waals surface area (Å²) in [6.07, 6.45) is 0.903. The van der Waals surface area contributed by atoms with E-state index in [1.54, 1.807) is 54.1 Å². The van der Waals surface area contributed by atoms with Crippen LogP contribution in [0, 0.1) is 0 Å². The van der Waals surface area contributed by atoms with E-state index >= 15 is 0 Å². The van der Waals surface area contributed by atoms with Crippen molar-refractivity contribution in [2.24, 2.45) is 5.16 Å². The number of anilines is 1. The first-order valence-corrected chi connectivity index (χ1v) is 12.1. The molecule has 0 spiro atoms. The first-order chi connectivity index (χ1) is 18.2. The number of benzene rings is 1.